The number of rotatable bonds is 6. The molecule has 144 valence electrons. The largest absolute Gasteiger partial charge is 0.346 e. The number of hydrogen-bond donors (Lipinski definition) is 1. The molecule has 2 fully saturated rings. The van der Waals surface area contributed by atoms with E-state index in [0.29, 0.717) is 30.5 Å². The second-order valence-corrected chi connectivity index (χ2v) is 8.42. The van der Waals surface area contributed by atoms with Crippen molar-refractivity contribution in [2.45, 2.75) is 64.8 Å². The summed E-state index contributed by atoms with van der Waals surface area (Å²) in [6.45, 7) is 5.77. The number of aryl methyl sites for hydroxylation is 1. The number of carbonyl (C=O) groups excluding carboxylic acids is 2. The van der Waals surface area contributed by atoms with Gasteiger partial charge in [-0.25, -0.2) is 0 Å². The molecule has 1 saturated heterocycles. The molecule has 0 radical (unpaired) electrons. The van der Waals surface area contributed by atoms with Crippen LogP contribution in [-0.4, -0.2) is 45.6 Å². The lowest BCUT2D eigenvalue weighted by molar-refractivity contribution is -0.128. The Morgan fingerprint density at radius 1 is 1.31 bits per heavy atom. The summed E-state index contributed by atoms with van der Waals surface area (Å²) in [7, 11) is 1.80. The van der Waals surface area contributed by atoms with Gasteiger partial charge in [0.25, 0.3) is 5.91 Å². The minimum Gasteiger partial charge on any atom is -0.346 e. The lowest BCUT2D eigenvalue weighted by Crippen LogP contribution is -2.39. The van der Waals surface area contributed by atoms with Crippen molar-refractivity contribution < 1.29 is 9.59 Å². The van der Waals surface area contributed by atoms with Gasteiger partial charge in [-0.3, -0.25) is 14.3 Å². The van der Waals surface area contributed by atoms with E-state index < -0.39 is 0 Å². The van der Waals surface area contributed by atoms with Gasteiger partial charge in [-0.2, -0.15) is 5.10 Å². The average molecular weight is 361 g/mol. The smallest absolute Gasteiger partial charge is 0.269 e. The Bertz CT molecular complexity index is 646. The van der Waals surface area contributed by atoms with Crippen molar-refractivity contribution in [1.82, 2.24) is 20.0 Å². The zero-order chi connectivity index (χ0) is 18.7. The van der Waals surface area contributed by atoms with Crippen LogP contribution >= 0.6 is 0 Å². The first kappa shape index (κ1) is 18.9. The fourth-order valence-electron chi connectivity index (χ4n) is 4.24. The second kappa shape index (κ2) is 8.23. The predicted octanol–water partition coefficient (Wildman–Crippen LogP) is 2.53. The van der Waals surface area contributed by atoms with Gasteiger partial charge >= 0.3 is 0 Å². The van der Waals surface area contributed by atoms with Crippen molar-refractivity contribution in [3.63, 3.8) is 0 Å². The summed E-state index contributed by atoms with van der Waals surface area (Å²) in [6, 6.07) is 1.77. The summed E-state index contributed by atoms with van der Waals surface area (Å²) in [5.41, 5.74) is 1.51. The third-order valence-corrected chi connectivity index (χ3v) is 5.53. The molecule has 1 aromatic rings. The maximum absolute atomic E-state index is 12.6. The van der Waals surface area contributed by atoms with Gasteiger partial charge in [0.15, 0.2) is 0 Å². The number of carbonyl (C=O) groups is 2. The summed E-state index contributed by atoms with van der Waals surface area (Å²) in [6.07, 6.45) is 7.63. The Hall–Kier alpha value is -1.85. The molecular formula is C20H32N4O2. The minimum atomic E-state index is -0.132. The molecule has 2 aliphatic rings. The molecule has 1 aromatic heterocycles. The standard InChI is InChI=1S/C20H32N4O2/c1-14(2)9-16-10-18(23(3)22-16)20(26)21-17-11-19(25)24(13-17)12-15-7-5-4-6-8-15/h10,14-15,17H,4-9,11-13H2,1-3H3,(H,21,26)/t17-/m1/s1. The van der Waals surface area contributed by atoms with E-state index in [1.54, 1.807) is 11.7 Å². The fraction of sp³-hybridized carbons (Fsp3) is 0.750. The number of nitrogens with one attached hydrogen (secondary N) is 1. The van der Waals surface area contributed by atoms with E-state index in [1.807, 2.05) is 11.0 Å². The van der Waals surface area contributed by atoms with Gasteiger partial charge < -0.3 is 10.2 Å². The highest BCUT2D eigenvalue weighted by Gasteiger charge is 2.32. The maximum Gasteiger partial charge on any atom is 0.269 e. The molecule has 2 amide bonds. The maximum atomic E-state index is 12.6. The highest BCUT2D eigenvalue weighted by Crippen LogP contribution is 2.26. The first-order valence-corrected chi connectivity index (χ1v) is 10.0. The van der Waals surface area contributed by atoms with Gasteiger partial charge in [0.2, 0.25) is 5.91 Å². The second-order valence-electron chi connectivity index (χ2n) is 8.42. The van der Waals surface area contributed by atoms with Gasteiger partial charge in [-0.1, -0.05) is 33.1 Å². The monoisotopic (exact) mass is 360 g/mol. The van der Waals surface area contributed by atoms with Crippen LogP contribution < -0.4 is 5.32 Å². The summed E-state index contributed by atoms with van der Waals surface area (Å²) in [4.78, 5) is 26.9. The van der Waals surface area contributed by atoms with Crippen LogP contribution in [0.3, 0.4) is 0 Å². The Labute approximate surface area is 156 Å². The highest BCUT2D eigenvalue weighted by atomic mass is 16.2. The molecule has 0 spiro atoms. The van der Waals surface area contributed by atoms with E-state index in [4.69, 9.17) is 0 Å². The van der Waals surface area contributed by atoms with Crippen molar-refractivity contribution in [2.75, 3.05) is 13.1 Å². The Morgan fingerprint density at radius 3 is 2.73 bits per heavy atom. The molecule has 1 aliphatic heterocycles. The molecule has 0 aromatic carbocycles. The fourth-order valence-corrected chi connectivity index (χ4v) is 4.24. The number of hydrogen-bond acceptors (Lipinski definition) is 3. The van der Waals surface area contributed by atoms with Gasteiger partial charge in [-0.05, 0) is 37.2 Å². The molecule has 1 N–H and O–H groups in total. The van der Waals surface area contributed by atoms with Crippen LogP contribution in [0.15, 0.2) is 6.07 Å². The zero-order valence-electron chi connectivity index (χ0n) is 16.3. The molecule has 26 heavy (non-hydrogen) atoms. The van der Waals surface area contributed by atoms with Crippen LogP contribution in [0.4, 0.5) is 0 Å². The van der Waals surface area contributed by atoms with Gasteiger partial charge in [0.1, 0.15) is 5.69 Å². The molecule has 1 atom stereocenters. The molecule has 0 bridgehead atoms. The van der Waals surface area contributed by atoms with Crippen LogP contribution in [-0.2, 0) is 18.3 Å². The summed E-state index contributed by atoms with van der Waals surface area (Å²) >= 11 is 0. The van der Waals surface area contributed by atoms with Crippen molar-refractivity contribution in [3.05, 3.63) is 17.5 Å². The van der Waals surface area contributed by atoms with Crippen LogP contribution in [0.25, 0.3) is 0 Å². The van der Waals surface area contributed by atoms with E-state index in [-0.39, 0.29) is 17.9 Å². The zero-order valence-corrected chi connectivity index (χ0v) is 16.3. The normalized spacial score (nSPS) is 21.6. The number of amides is 2. The Kier molecular flexibility index (Phi) is 5.99. The Balaban J connectivity index is 1.55. The topological polar surface area (TPSA) is 67.2 Å². The van der Waals surface area contributed by atoms with Crippen LogP contribution in [0, 0.1) is 11.8 Å². The number of nitrogens with zero attached hydrogens (tertiary/aromatic N) is 3. The van der Waals surface area contributed by atoms with Crippen molar-refractivity contribution in [1.29, 1.82) is 0 Å². The molecule has 3 rings (SSSR count). The van der Waals surface area contributed by atoms with Crippen LogP contribution in [0.1, 0.15) is 68.6 Å². The molecule has 0 unspecified atom stereocenters. The van der Waals surface area contributed by atoms with Gasteiger partial charge in [0, 0.05) is 26.6 Å². The first-order chi connectivity index (χ1) is 12.4. The lowest BCUT2D eigenvalue weighted by Gasteiger charge is -2.27. The predicted molar refractivity (Wildman–Crippen MR) is 101 cm³/mol. The number of aromatic nitrogens is 2. The Morgan fingerprint density at radius 2 is 2.04 bits per heavy atom. The third kappa shape index (κ3) is 4.65. The van der Waals surface area contributed by atoms with E-state index in [1.165, 1.54) is 32.1 Å². The van der Waals surface area contributed by atoms with Crippen molar-refractivity contribution in [3.8, 4) is 0 Å². The third-order valence-electron chi connectivity index (χ3n) is 5.53. The van der Waals surface area contributed by atoms with E-state index in [0.717, 1.165) is 18.7 Å². The molecular weight excluding hydrogens is 328 g/mol. The molecule has 6 heteroatoms. The van der Waals surface area contributed by atoms with Crippen molar-refractivity contribution >= 4 is 11.8 Å². The molecule has 6 nitrogen and oxygen atoms in total. The lowest BCUT2D eigenvalue weighted by atomic mass is 9.89. The van der Waals surface area contributed by atoms with E-state index in [9.17, 15) is 9.59 Å². The molecule has 2 heterocycles. The van der Waals surface area contributed by atoms with Crippen LogP contribution in [0.5, 0.6) is 0 Å². The summed E-state index contributed by atoms with van der Waals surface area (Å²) in [5.74, 6) is 1.18. The molecule has 1 saturated carbocycles. The summed E-state index contributed by atoms with van der Waals surface area (Å²) in [5, 5.41) is 7.47. The van der Waals surface area contributed by atoms with Gasteiger partial charge in [0.05, 0.1) is 11.7 Å². The minimum absolute atomic E-state index is 0.0953. The van der Waals surface area contributed by atoms with Gasteiger partial charge in [-0.15, -0.1) is 0 Å². The van der Waals surface area contributed by atoms with E-state index >= 15 is 0 Å². The first-order valence-electron chi connectivity index (χ1n) is 10.0. The average Bonchev–Trinajstić information content (AvgIpc) is 3.10. The van der Waals surface area contributed by atoms with E-state index in [2.05, 4.69) is 24.3 Å². The summed E-state index contributed by atoms with van der Waals surface area (Å²) < 4.78 is 1.64. The van der Waals surface area contributed by atoms with Crippen LogP contribution in [0.2, 0.25) is 0 Å². The quantitative estimate of drug-likeness (QED) is 0.848. The number of likely N-dealkylation sites (tertiary alicyclic amines) is 1. The van der Waals surface area contributed by atoms with Crippen molar-refractivity contribution in [2.24, 2.45) is 18.9 Å². The SMILES string of the molecule is CC(C)Cc1cc(C(=O)N[C@@H]2CC(=O)N(CC3CCCCC3)C2)n(C)n1. The molecule has 1 aliphatic carbocycles. The highest BCUT2D eigenvalue weighted by molar-refractivity contribution is 5.93.